The molecule has 0 aliphatic carbocycles. The zero-order chi connectivity index (χ0) is 17.5. The predicted octanol–water partition coefficient (Wildman–Crippen LogP) is 3.22. The Labute approximate surface area is 146 Å². The first-order valence-corrected chi connectivity index (χ1v) is 8.43. The van der Waals surface area contributed by atoms with Gasteiger partial charge in [0.2, 0.25) is 0 Å². The second kappa shape index (κ2) is 5.84. The van der Waals surface area contributed by atoms with Crippen molar-refractivity contribution in [2.75, 3.05) is 18.4 Å². The quantitative estimate of drug-likeness (QED) is 0.753. The van der Waals surface area contributed by atoms with Crippen LogP contribution in [-0.2, 0) is 4.74 Å². The second-order valence-corrected chi connectivity index (χ2v) is 7.75. The Morgan fingerprint density at radius 3 is 2.54 bits per heavy atom. The number of carbonyl (C=O) groups is 2. The minimum Gasteiger partial charge on any atom is -0.444 e. The Hall–Kier alpha value is -1.95. The van der Waals surface area contributed by atoms with E-state index in [1.807, 2.05) is 26.8 Å². The smallest absolute Gasteiger partial charge is 0.410 e. The van der Waals surface area contributed by atoms with Gasteiger partial charge in [0.05, 0.1) is 5.56 Å². The summed E-state index contributed by atoms with van der Waals surface area (Å²) in [6, 6.07) is 5.23. The van der Waals surface area contributed by atoms with E-state index in [0.29, 0.717) is 36.5 Å². The van der Waals surface area contributed by atoms with E-state index < -0.39 is 11.3 Å². The van der Waals surface area contributed by atoms with E-state index in [1.165, 1.54) is 0 Å². The lowest BCUT2D eigenvalue weighted by atomic mass is 9.92. The van der Waals surface area contributed by atoms with Gasteiger partial charge in [-0.1, -0.05) is 11.6 Å². The first-order valence-electron chi connectivity index (χ1n) is 8.06. The van der Waals surface area contributed by atoms with Crippen molar-refractivity contribution in [3.8, 4) is 0 Å². The molecule has 6 nitrogen and oxygen atoms in total. The number of nitrogens with one attached hydrogen (secondary N) is 2. The first-order chi connectivity index (χ1) is 11.2. The maximum atomic E-state index is 12.4. The van der Waals surface area contributed by atoms with Crippen molar-refractivity contribution in [1.29, 1.82) is 0 Å². The number of hydrogen-bond acceptors (Lipinski definition) is 4. The van der Waals surface area contributed by atoms with Gasteiger partial charge in [-0.15, -0.1) is 0 Å². The summed E-state index contributed by atoms with van der Waals surface area (Å²) >= 11 is 5.96. The number of rotatable bonds is 0. The van der Waals surface area contributed by atoms with E-state index in [1.54, 1.807) is 17.0 Å². The van der Waals surface area contributed by atoms with Gasteiger partial charge in [0.15, 0.2) is 0 Å². The Bertz CT molecular complexity index is 676. The van der Waals surface area contributed by atoms with Gasteiger partial charge in [0.1, 0.15) is 11.3 Å². The molecule has 1 fully saturated rings. The fourth-order valence-corrected chi connectivity index (χ4v) is 3.21. The fourth-order valence-electron chi connectivity index (χ4n) is 3.03. The molecular formula is C17H22ClN3O3. The summed E-state index contributed by atoms with van der Waals surface area (Å²) in [6.45, 7) is 6.58. The van der Waals surface area contributed by atoms with Gasteiger partial charge in [0.25, 0.3) is 5.91 Å². The summed E-state index contributed by atoms with van der Waals surface area (Å²) in [5, 5.41) is 6.97. The van der Waals surface area contributed by atoms with Gasteiger partial charge in [-0.05, 0) is 39.0 Å². The molecule has 2 amide bonds. The highest BCUT2D eigenvalue weighted by molar-refractivity contribution is 6.31. The molecule has 0 bridgehead atoms. The highest BCUT2D eigenvalue weighted by atomic mass is 35.5. The first kappa shape index (κ1) is 16.9. The molecule has 3 rings (SSSR count). The zero-order valence-electron chi connectivity index (χ0n) is 14.1. The average Bonchev–Trinajstić information content (AvgIpc) is 2.47. The molecule has 1 spiro atoms. The van der Waals surface area contributed by atoms with Crippen LogP contribution >= 0.6 is 11.6 Å². The standard InChI is InChI=1S/C17H22ClN3O3/c1-16(2,3)24-15(23)21-8-6-17(7-9-21)19-13-5-4-11(18)10-12(13)14(22)20-17/h4-5,10,19H,6-9H2,1-3H3,(H,20,22). The lowest BCUT2D eigenvalue weighted by Crippen LogP contribution is -2.62. The summed E-state index contributed by atoms with van der Waals surface area (Å²) in [4.78, 5) is 26.2. The van der Waals surface area contributed by atoms with Gasteiger partial charge in [-0.3, -0.25) is 4.79 Å². The molecule has 0 saturated carbocycles. The van der Waals surface area contributed by atoms with Crippen LogP contribution in [0.15, 0.2) is 18.2 Å². The van der Waals surface area contributed by atoms with Crippen LogP contribution in [0.2, 0.25) is 5.02 Å². The minimum absolute atomic E-state index is 0.142. The number of carbonyl (C=O) groups excluding carboxylic acids is 2. The number of halogens is 1. The molecule has 2 heterocycles. The summed E-state index contributed by atoms with van der Waals surface area (Å²) in [7, 11) is 0. The third kappa shape index (κ3) is 3.43. The number of hydrogen-bond donors (Lipinski definition) is 2. The SMILES string of the molecule is CC(C)(C)OC(=O)N1CCC2(CC1)NC(=O)c1cc(Cl)ccc1N2. The molecule has 1 aromatic rings. The van der Waals surface area contributed by atoms with Crippen molar-refractivity contribution < 1.29 is 14.3 Å². The highest BCUT2D eigenvalue weighted by Crippen LogP contribution is 2.33. The molecule has 0 unspecified atom stereocenters. The van der Waals surface area contributed by atoms with Crippen LogP contribution in [0.1, 0.15) is 44.0 Å². The van der Waals surface area contributed by atoms with E-state index in [4.69, 9.17) is 16.3 Å². The lowest BCUT2D eigenvalue weighted by molar-refractivity contribution is 0.0163. The van der Waals surface area contributed by atoms with Gasteiger partial charge in [0, 0.05) is 36.6 Å². The molecule has 1 aromatic carbocycles. The minimum atomic E-state index is -0.531. The molecule has 1 saturated heterocycles. The van der Waals surface area contributed by atoms with E-state index in [2.05, 4.69) is 10.6 Å². The van der Waals surface area contributed by atoms with Crippen molar-refractivity contribution in [3.05, 3.63) is 28.8 Å². The summed E-state index contributed by atoms with van der Waals surface area (Å²) in [5.41, 5.74) is 0.273. The summed E-state index contributed by atoms with van der Waals surface area (Å²) in [6.07, 6.45) is 0.909. The molecule has 0 aromatic heterocycles. The maximum absolute atomic E-state index is 12.4. The van der Waals surface area contributed by atoms with Crippen molar-refractivity contribution in [1.82, 2.24) is 10.2 Å². The van der Waals surface area contributed by atoms with Gasteiger partial charge < -0.3 is 20.3 Å². The molecule has 0 radical (unpaired) electrons. The van der Waals surface area contributed by atoms with Crippen molar-refractivity contribution in [2.45, 2.75) is 44.9 Å². The molecule has 2 aliphatic heterocycles. The fraction of sp³-hybridized carbons (Fsp3) is 0.529. The van der Waals surface area contributed by atoms with Gasteiger partial charge >= 0.3 is 6.09 Å². The van der Waals surface area contributed by atoms with Crippen LogP contribution in [0, 0.1) is 0 Å². The van der Waals surface area contributed by atoms with Crippen LogP contribution in [0.3, 0.4) is 0 Å². The third-order valence-corrected chi connectivity index (χ3v) is 4.46. The average molecular weight is 352 g/mol. The molecule has 0 atom stereocenters. The molecular weight excluding hydrogens is 330 g/mol. The number of fused-ring (bicyclic) bond motifs is 1. The van der Waals surface area contributed by atoms with Crippen molar-refractivity contribution in [3.63, 3.8) is 0 Å². The van der Waals surface area contributed by atoms with Crippen LogP contribution in [0.5, 0.6) is 0 Å². The normalized spacial score (nSPS) is 19.3. The molecule has 7 heteroatoms. The summed E-state index contributed by atoms with van der Waals surface area (Å²) < 4.78 is 5.41. The third-order valence-electron chi connectivity index (χ3n) is 4.22. The van der Waals surface area contributed by atoms with Crippen LogP contribution < -0.4 is 10.6 Å². The number of likely N-dealkylation sites (tertiary alicyclic amines) is 1. The Morgan fingerprint density at radius 1 is 1.25 bits per heavy atom. The Kier molecular flexibility index (Phi) is 4.11. The summed E-state index contributed by atoms with van der Waals surface area (Å²) in [5.74, 6) is -0.142. The van der Waals surface area contributed by atoms with Crippen LogP contribution in [0.4, 0.5) is 10.5 Å². The van der Waals surface area contributed by atoms with Crippen LogP contribution in [-0.4, -0.2) is 41.3 Å². The number of anilines is 1. The van der Waals surface area contributed by atoms with E-state index in [-0.39, 0.29) is 12.0 Å². The molecule has 24 heavy (non-hydrogen) atoms. The predicted molar refractivity (Wildman–Crippen MR) is 92.3 cm³/mol. The number of nitrogens with zero attached hydrogens (tertiary/aromatic N) is 1. The molecule has 2 N–H and O–H groups in total. The van der Waals surface area contributed by atoms with Crippen LogP contribution in [0.25, 0.3) is 0 Å². The largest absolute Gasteiger partial charge is 0.444 e. The van der Waals surface area contributed by atoms with Crippen molar-refractivity contribution >= 4 is 29.3 Å². The number of ether oxygens (including phenoxy) is 1. The zero-order valence-corrected chi connectivity index (χ0v) is 14.9. The molecule has 130 valence electrons. The number of piperidine rings is 1. The Balaban J connectivity index is 1.69. The number of amides is 2. The monoisotopic (exact) mass is 351 g/mol. The second-order valence-electron chi connectivity index (χ2n) is 7.32. The topological polar surface area (TPSA) is 70.7 Å². The molecule has 2 aliphatic rings. The highest BCUT2D eigenvalue weighted by Gasteiger charge is 2.41. The van der Waals surface area contributed by atoms with E-state index in [9.17, 15) is 9.59 Å². The lowest BCUT2D eigenvalue weighted by Gasteiger charge is -2.45. The number of benzene rings is 1. The maximum Gasteiger partial charge on any atom is 0.410 e. The van der Waals surface area contributed by atoms with E-state index >= 15 is 0 Å². The van der Waals surface area contributed by atoms with Gasteiger partial charge in [-0.25, -0.2) is 4.79 Å². The van der Waals surface area contributed by atoms with E-state index in [0.717, 1.165) is 5.69 Å². The Morgan fingerprint density at radius 2 is 1.92 bits per heavy atom. The van der Waals surface area contributed by atoms with Gasteiger partial charge in [-0.2, -0.15) is 0 Å². The van der Waals surface area contributed by atoms with Crippen molar-refractivity contribution in [2.24, 2.45) is 0 Å².